The number of hydrogen-bond acceptors (Lipinski definition) is 1. The Morgan fingerprint density at radius 1 is 1.20 bits per heavy atom. The van der Waals surface area contributed by atoms with Gasteiger partial charge in [-0.2, -0.15) is 0 Å². The summed E-state index contributed by atoms with van der Waals surface area (Å²) >= 11 is 0. The maximum Gasteiger partial charge on any atom is 0.133 e. The van der Waals surface area contributed by atoms with Crippen LogP contribution in [0.2, 0.25) is 0 Å². The number of allylic oxidation sites excluding steroid dienone is 2. The molecule has 1 aliphatic heterocycles. The van der Waals surface area contributed by atoms with Crippen molar-refractivity contribution in [3.63, 3.8) is 0 Å². The van der Waals surface area contributed by atoms with Gasteiger partial charge in [-0.1, -0.05) is 30.7 Å². The predicted octanol–water partition coefficient (Wildman–Crippen LogP) is 4.29. The second-order valence-electron chi connectivity index (χ2n) is 4.40. The van der Waals surface area contributed by atoms with Crippen molar-refractivity contribution in [1.82, 2.24) is 0 Å². The van der Waals surface area contributed by atoms with Crippen molar-refractivity contribution in [3.05, 3.63) is 41.4 Å². The molecule has 0 aromatic carbocycles. The van der Waals surface area contributed by atoms with Gasteiger partial charge in [-0.05, 0) is 25.0 Å². The van der Waals surface area contributed by atoms with E-state index in [4.69, 9.17) is 4.42 Å². The van der Waals surface area contributed by atoms with Gasteiger partial charge in [-0.3, -0.25) is 0 Å². The highest BCUT2D eigenvalue weighted by molar-refractivity contribution is 5.82. The fourth-order valence-electron chi connectivity index (χ4n) is 2.53. The van der Waals surface area contributed by atoms with Crippen molar-refractivity contribution in [2.24, 2.45) is 0 Å². The van der Waals surface area contributed by atoms with Gasteiger partial charge in [0.1, 0.15) is 5.76 Å². The van der Waals surface area contributed by atoms with E-state index in [-0.39, 0.29) is 0 Å². The van der Waals surface area contributed by atoms with Crippen LogP contribution in [-0.2, 0) is 0 Å². The van der Waals surface area contributed by atoms with Crippen molar-refractivity contribution in [3.8, 4) is 11.1 Å². The van der Waals surface area contributed by atoms with E-state index in [1.165, 1.54) is 27.8 Å². The van der Waals surface area contributed by atoms with E-state index in [0.717, 1.165) is 5.76 Å². The second-order valence-corrected chi connectivity index (χ2v) is 4.40. The van der Waals surface area contributed by atoms with Crippen molar-refractivity contribution in [2.45, 2.75) is 26.7 Å². The molecule has 1 atom stereocenters. The topological polar surface area (TPSA) is 13.1 Å². The van der Waals surface area contributed by atoms with Gasteiger partial charge in [-0.25, -0.2) is 0 Å². The summed E-state index contributed by atoms with van der Waals surface area (Å²) in [5.74, 6) is 1.58. The van der Waals surface area contributed by atoms with Crippen LogP contribution in [0.15, 0.2) is 34.5 Å². The first-order valence-corrected chi connectivity index (χ1v) is 5.38. The van der Waals surface area contributed by atoms with Gasteiger partial charge in [0.2, 0.25) is 0 Å². The maximum atomic E-state index is 5.74. The molecule has 0 aromatic heterocycles. The first-order valence-electron chi connectivity index (χ1n) is 5.38. The number of hydrogen-bond donors (Lipinski definition) is 0. The van der Waals surface area contributed by atoms with Gasteiger partial charge >= 0.3 is 0 Å². The molecule has 0 saturated carbocycles. The summed E-state index contributed by atoms with van der Waals surface area (Å²) < 4.78 is 5.74. The molecule has 0 spiro atoms. The zero-order valence-electron chi connectivity index (χ0n) is 9.29. The molecule has 1 heteroatoms. The van der Waals surface area contributed by atoms with E-state index in [1.54, 1.807) is 0 Å². The van der Waals surface area contributed by atoms with Crippen molar-refractivity contribution < 1.29 is 4.42 Å². The van der Waals surface area contributed by atoms with E-state index in [1.807, 2.05) is 6.26 Å². The molecule has 1 heterocycles. The normalized spacial score (nSPS) is 20.1. The lowest BCUT2D eigenvalue weighted by molar-refractivity contribution is 0.532. The number of fused-ring (bicyclic) bond motifs is 3. The standard InChI is InChI=1S/C14H14O/c1-8-9(2)13-12-6-4-5-11(12)7-15-14(13)10(8)3/h4-7,9H,1-3H3. The van der Waals surface area contributed by atoms with Crippen molar-refractivity contribution in [2.75, 3.05) is 0 Å². The van der Waals surface area contributed by atoms with E-state index in [2.05, 4.69) is 39.0 Å². The highest BCUT2D eigenvalue weighted by Gasteiger charge is 2.29. The summed E-state index contributed by atoms with van der Waals surface area (Å²) in [6.07, 6.45) is 1.86. The minimum absolute atomic E-state index is 0.495. The molecule has 3 rings (SSSR count). The first-order chi connectivity index (χ1) is 7.20. The molecule has 3 aliphatic rings. The SMILES string of the molecule is CC1=C(C)C(C)c2c3cccc-3coc21. The maximum absolute atomic E-state index is 5.74. The lowest BCUT2D eigenvalue weighted by Gasteiger charge is -2.11. The van der Waals surface area contributed by atoms with Gasteiger partial charge in [-0.15, -0.1) is 0 Å². The van der Waals surface area contributed by atoms with Crippen LogP contribution in [0.3, 0.4) is 0 Å². The van der Waals surface area contributed by atoms with Gasteiger partial charge in [0.05, 0.1) is 6.26 Å². The Morgan fingerprint density at radius 3 is 2.80 bits per heavy atom. The minimum atomic E-state index is 0.495. The lowest BCUT2D eigenvalue weighted by atomic mass is 9.95. The van der Waals surface area contributed by atoms with Crippen molar-refractivity contribution in [1.29, 1.82) is 0 Å². The van der Waals surface area contributed by atoms with Gasteiger partial charge in [0.25, 0.3) is 0 Å². The fourth-order valence-corrected chi connectivity index (χ4v) is 2.53. The molecule has 76 valence electrons. The molecule has 1 unspecified atom stereocenters. The third-order valence-corrected chi connectivity index (χ3v) is 3.70. The highest BCUT2D eigenvalue weighted by Crippen LogP contribution is 2.46. The lowest BCUT2D eigenvalue weighted by Crippen LogP contribution is -1.93. The Labute approximate surface area is 89.8 Å². The zero-order chi connectivity index (χ0) is 10.6. The molecule has 15 heavy (non-hydrogen) atoms. The largest absolute Gasteiger partial charge is 0.464 e. The highest BCUT2D eigenvalue weighted by atomic mass is 16.3. The predicted molar refractivity (Wildman–Crippen MR) is 62.0 cm³/mol. The van der Waals surface area contributed by atoms with Crippen LogP contribution in [0.4, 0.5) is 0 Å². The molecule has 2 aliphatic carbocycles. The van der Waals surface area contributed by atoms with Crippen LogP contribution in [0.1, 0.15) is 38.0 Å². The third kappa shape index (κ3) is 0.980. The fraction of sp³-hybridized carbons (Fsp3) is 0.286. The van der Waals surface area contributed by atoms with E-state index >= 15 is 0 Å². The summed E-state index contributed by atoms with van der Waals surface area (Å²) in [6, 6.07) is 6.39. The third-order valence-electron chi connectivity index (χ3n) is 3.70. The van der Waals surface area contributed by atoms with Crippen LogP contribution < -0.4 is 0 Å². The molecule has 0 N–H and O–H groups in total. The Hall–Kier alpha value is -1.50. The Kier molecular flexibility index (Phi) is 1.61. The smallest absolute Gasteiger partial charge is 0.133 e. The summed E-state index contributed by atoms with van der Waals surface area (Å²) in [7, 11) is 0. The Balaban J connectivity index is 2.37. The van der Waals surface area contributed by atoms with Gasteiger partial charge < -0.3 is 4.42 Å². The van der Waals surface area contributed by atoms with Crippen LogP contribution in [0, 0.1) is 0 Å². The molecule has 0 fully saturated rings. The second kappa shape index (κ2) is 2.75. The first kappa shape index (κ1) is 8.78. The molecule has 1 nitrogen and oxygen atoms in total. The Bertz CT molecular complexity index is 530. The summed E-state index contributed by atoms with van der Waals surface area (Å²) in [6.45, 7) is 6.60. The minimum Gasteiger partial charge on any atom is -0.464 e. The van der Waals surface area contributed by atoms with Crippen LogP contribution >= 0.6 is 0 Å². The molecular weight excluding hydrogens is 184 g/mol. The van der Waals surface area contributed by atoms with Gasteiger partial charge in [0.15, 0.2) is 0 Å². The molecule has 0 radical (unpaired) electrons. The molecule has 0 amide bonds. The average Bonchev–Trinajstić information content (AvgIpc) is 2.78. The number of rotatable bonds is 0. The van der Waals surface area contributed by atoms with Gasteiger partial charge in [0, 0.05) is 17.0 Å². The molecule has 0 bridgehead atoms. The summed E-state index contributed by atoms with van der Waals surface area (Å²) in [5.41, 5.74) is 6.67. The molecule has 0 aromatic rings. The van der Waals surface area contributed by atoms with E-state index in [9.17, 15) is 0 Å². The quantitative estimate of drug-likeness (QED) is 0.615. The van der Waals surface area contributed by atoms with Crippen molar-refractivity contribution >= 4 is 5.57 Å². The summed E-state index contributed by atoms with van der Waals surface area (Å²) in [5, 5.41) is 0. The van der Waals surface area contributed by atoms with Crippen LogP contribution in [0.25, 0.3) is 16.7 Å². The summed E-state index contributed by atoms with van der Waals surface area (Å²) in [4.78, 5) is 0. The zero-order valence-corrected chi connectivity index (χ0v) is 9.29. The van der Waals surface area contributed by atoms with E-state index < -0.39 is 0 Å². The van der Waals surface area contributed by atoms with E-state index in [0.29, 0.717) is 5.92 Å². The monoisotopic (exact) mass is 198 g/mol. The van der Waals surface area contributed by atoms with Crippen LogP contribution in [0.5, 0.6) is 0 Å². The van der Waals surface area contributed by atoms with Crippen LogP contribution in [-0.4, -0.2) is 0 Å². The molecule has 0 saturated heterocycles. The average molecular weight is 198 g/mol. The Morgan fingerprint density at radius 2 is 2.00 bits per heavy atom. The molecular formula is C14H14O.